The molecule has 0 radical (unpaired) electrons. The van der Waals surface area contributed by atoms with E-state index in [2.05, 4.69) is 41.0 Å². The molecule has 0 aliphatic carbocycles. The zero-order valence-electron chi connectivity index (χ0n) is 11.3. The molecule has 1 atom stereocenters. The Kier molecular flexibility index (Phi) is 3.13. The number of non-ortho nitro benzene ring substituents is 1. The first-order chi connectivity index (χ1) is 8.80. The van der Waals surface area contributed by atoms with E-state index in [-0.39, 0.29) is 22.7 Å². The van der Waals surface area contributed by atoms with Gasteiger partial charge in [0.1, 0.15) is 0 Å². The Labute approximate surface area is 110 Å². The maximum absolute atomic E-state index is 10.9. The van der Waals surface area contributed by atoms with Crippen molar-refractivity contribution in [2.24, 2.45) is 5.41 Å². The highest BCUT2D eigenvalue weighted by Crippen LogP contribution is 2.31. The number of nitro benzene ring substituents is 1. The molecule has 1 aromatic heterocycles. The molecule has 0 spiro atoms. The lowest BCUT2D eigenvalue weighted by atomic mass is 9.88. The molecule has 0 saturated heterocycles. The van der Waals surface area contributed by atoms with Crippen LogP contribution < -0.4 is 5.32 Å². The Morgan fingerprint density at radius 3 is 2.53 bits per heavy atom. The Hall–Kier alpha value is -2.18. The molecule has 19 heavy (non-hydrogen) atoms. The van der Waals surface area contributed by atoms with Crippen LogP contribution in [0.25, 0.3) is 11.0 Å². The van der Waals surface area contributed by atoms with Crippen molar-refractivity contribution < 1.29 is 9.55 Å². The summed E-state index contributed by atoms with van der Waals surface area (Å²) in [5.41, 5.74) is 1.17. The van der Waals surface area contributed by atoms with E-state index >= 15 is 0 Å². The first kappa shape index (κ1) is 13.3. The van der Waals surface area contributed by atoms with Crippen LogP contribution in [-0.4, -0.2) is 21.3 Å². The molecular formula is C12H16N4O3. The maximum atomic E-state index is 10.9. The van der Waals surface area contributed by atoms with Gasteiger partial charge in [0, 0.05) is 12.1 Å². The van der Waals surface area contributed by atoms with E-state index in [1.807, 2.05) is 6.92 Å². The fraction of sp³-hybridized carbons (Fsp3) is 0.500. The van der Waals surface area contributed by atoms with Gasteiger partial charge in [-0.3, -0.25) is 10.1 Å². The summed E-state index contributed by atoms with van der Waals surface area (Å²) in [6.45, 7) is 8.36. The first-order valence-corrected chi connectivity index (χ1v) is 5.97. The van der Waals surface area contributed by atoms with Crippen LogP contribution in [0.5, 0.6) is 0 Å². The van der Waals surface area contributed by atoms with Crippen molar-refractivity contribution in [3.63, 3.8) is 0 Å². The number of rotatable bonds is 3. The van der Waals surface area contributed by atoms with Crippen molar-refractivity contribution >= 4 is 22.4 Å². The standard InChI is InChI=1S/C12H16N4O3/c1-7(12(2,3)4)13-8-5-6-9(16(17)18)11-10(8)14-19-15-11/h5-7,13H,1-4H3. The van der Waals surface area contributed by atoms with Crippen molar-refractivity contribution in [2.45, 2.75) is 33.7 Å². The Morgan fingerprint density at radius 2 is 1.95 bits per heavy atom. The molecule has 102 valence electrons. The van der Waals surface area contributed by atoms with Crippen molar-refractivity contribution in [1.82, 2.24) is 10.3 Å². The highest BCUT2D eigenvalue weighted by molar-refractivity contribution is 5.93. The quantitative estimate of drug-likeness (QED) is 0.676. The number of aromatic nitrogens is 2. The van der Waals surface area contributed by atoms with Crippen LogP contribution in [0.2, 0.25) is 0 Å². The predicted octanol–water partition coefficient (Wildman–Crippen LogP) is 2.98. The van der Waals surface area contributed by atoms with Gasteiger partial charge in [-0.25, -0.2) is 4.63 Å². The zero-order chi connectivity index (χ0) is 14.2. The normalized spacial score (nSPS) is 13.5. The summed E-state index contributed by atoms with van der Waals surface area (Å²) >= 11 is 0. The lowest BCUT2D eigenvalue weighted by Gasteiger charge is -2.28. The lowest BCUT2D eigenvalue weighted by molar-refractivity contribution is -0.383. The van der Waals surface area contributed by atoms with Gasteiger partial charge >= 0.3 is 5.69 Å². The number of fused-ring (bicyclic) bond motifs is 1. The molecule has 0 aliphatic heterocycles. The summed E-state index contributed by atoms with van der Waals surface area (Å²) in [5, 5.41) is 21.5. The number of nitro groups is 1. The summed E-state index contributed by atoms with van der Waals surface area (Å²) in [5.74, 6) is 0. The SMILES string of the molecule is CC(Nc1ccc([N+](=O)[O-])c2nonc12)C(C)(C)C. The molecule has 2 aromatic rings. The summed E-state index contributed by atoms with van der Waals surface area (Å²) in [7, 11) is 0. The van der Waals surface area contributed by atoms with Crippen LogP contribution in [0.4, 0.5) is 11.4 Å². The maximum Gasteiger partial charge on any atom is 0.300 e. The molecule has 1 heterocycles. The van der Waals surface area contributed by atoms with Gasteiger partial charge in [-0.2, -0.15) is 0 Å². The molecular weight excluding hydrogens is 248 g/mol. The number of nitrogens with zero attached hydrogens (tertiary/aromatic N) is 3. The third kappa shape index (κ3) is 2.49. The molecule has 7 nitrogen and oxygen atoms in total. The summed E-state index contributed by atoms with van der Waals surface area (Å²) in [4.78, 5) is 10.4. The van der Waals surface area contributed by atoms with Crippen LogP contribution >= 0.6 is 0 Å². The number of anilines is 1. The molecule has 0 amide bonds. The van der Waals surface area contributed by atoms with E-state index in [0.717, 1.165) is 0 Å². The van der Waals surface area contributed by atoms with Gasteiger partial charge < -0.3 is 5.32 Å². The van der Waals surface area contributed by atoms with E-state index in [4.69, 9.17) is 0 Å². The van der Waals surface area contributed by atoms with Crippen LogP contribution in [0, 0.1) is 15.5 Å². The highest BCUT2D eigenvalue weighted by Gasteiger charge is 2.24. The van der Waals surface area contributed by atoms with Gasteiger partial charge in [0.15, 0.2) is 5.52 Å². The van der Waals surface area contributed by atoms with Gasteiger partial charge in [-0.1, -0.05) is 20.8 Å². The van der Waals surface area contributed by atoms with E-state index in [9.17, 15) is 10.1 Å². The summed E-state index contributed by atoms with van der Waals surface area (Å²) < 4.78 is 4.62. The van der Waals surface area contributed by atoms with E-state index in [1.54, 1.807) is 6.07 Å². The lowest BCUT2D eigenvalue weighted by Crippen LogP contribution is -2.30. The molecule has 2 rings (SSSR count). The number of hydrogen-bond donors (Lipinski definition) is 1. The Balaban J connectivity index is 2.44. The predicted molar refractivity (Wildman–Crippen MR) is 71.0 cm³/mol. The third-order valence-corrected chi connectivity index (χ3v) is 3.26. The van der Waals surface area contributed by atoms with Crippen molar-refractivity contribution in [1.29, 1.82) is 0 Å². The molecule has 0 bridgehead atoms. The second kappa shape index (κ2) is 4.49. The number of nitrogens with one attached hydrogen (secondary N) is 1. The first-order valence-electron chi connectivity index (χ1n) is 5.97. The fourth-order valence-corrected chi connectivity index (χ4v) is 1.57. The average Bonchev–Trinajstić information content (AvgIpc) is 2.76. The Bertz CT molecular complexity index is 615. The van der Waals surface area contributed by atoms with Crippen molar-refractivity contribution in [2.75, 3.05) is 5.32 Å². The summed E-state index contributed by atoms with van der Waals surface area (Å²) in [6.07, 6.45) is 0. The minimum Gasteiger partial charge on any atom is -0.380 e. The molecule has 0 aliphatic rings. The van der Waals surface area contributed by atoms with E-state index < -0.39 is 4.92 Å². The topological polar surface area (TPSA) is 94.1 Å². The fourth-order valence-electron chi connectivity index (χ4n) is 1.57. The molecule has 1 N–H and O–H groups in total. The van der Waals surface area contributed by atoms with Gasteiger partial charge in [-0.15, -0.1) is 0 Å². The average molecular weight is 264 g/mol. The van der Waals surface area contributed by atoms with Crippen LogP contribution in [0.1, 0.15) is 27.7 Å². The Morgan fingerprint density at radius 1 is 1.32 bits per heavy atom. The van der Waals surface area contributed by atoms with Crippen LogP contribution in [-0.2, 0) is 0 Å². The van der Waals surface area contributed by atoms with E-state index in [1.165, 1.54) is 6.07 Å². The molecule has 0 fully saturated rings. The van der Waals surface area contributed by atoms with Gasteiger partial charge in [0.25, 0.3) is 0 Å². The van der Waals surface area contributed by atoms with E-state index in [0.29, 0.717) is 11.2 Å². The largest absolute Gasteiger partial charge is 0.380 e. The van der Waals surface area contributed by atoms with Gasteiger partial charge in [0.2, 0.25) is 5.52 Å². The van der Waals surface area contributed by atoms with Crippen LogP contribution in [0.15, 0.2) is 16.8 Å². The highest BCUT2D eigenvalue weighted by atomic mass is 16.6. The van der Waals surface area contributed by atoms with Gasteiger partial charge in [-0.05, 0) is 28.7 Å². The zero-order valence-corrected chi connectivity index (χ0v) is 11.3. The molecule has 1 unspecified atom stereocenters. The number of benzene rings is 1. The third-order valence-electron chi connectivity index (χ3n) is 3.26. The second-order valence-corrected chi connectivity index (χ2v) is 5.58. The van der Waals surface area contributed by atoms with Gasteiger partial charge in [0.05, 0.1) is 10.6 Å². The minimum atomic E-state index is -0.497. The second-order valence-electron chi connectivity index (χ2n) is 5.58. The smallest absolute Gasteiger partial charge is 0.300 e. The van der Waals surface area contributed by atoms with Crippen molar-refractivity contribution in [3.8, 4) is 0 Å². The number of hydrogen-bond acceptors (Lipinski definition) is 6. The summed E-state index contributed by atoms with van der Waals surface area (Å²) in [6, 6.07) is 3.20. The molecule has 7 heteroatoms. The molecule has 1 aromatic carbocycles. The monoisotopic (exact) mass is 264 g/mol. The van der Waals surface area contributed by atoms with Crippen LogP contribution in [0.3, 0.4) is 0 Å². The minimum absolute atomic E-state index is 0.0469. The molecule has 0 saturated carbocycles. The van der Waals surface area contributed by atoms with Crippen molar-refractivity contribution in [3.05, 3.63) is 22.2 Å².